The second-order valence-corrected chi connectivity index (χ2v) is 10.8. The fourth-order valence-electron chi connectivity index (χ4n) is 4.40. The van der Waals surface area contributed by atoms with Crippen LogP contribution in [0.5, 0.6) is 5.75 Å². The molecule has 1 aromatic heterocycles. The van der Waals surface area contributed by atoms with Gasteiger partial charge in [0.25, 0.3) is 5.56 Å². The highest BCUT2D eigenvalue weighted by Crippen LogP contribution is 2.31. The minimum absolute atomic E-state index is 0.165. The predicted octanol–water partition coefficient (Wildman–Crippen LogP) is 5.82. The summed E-state index contributed by atoms with van der Waals surface area (Å²) in [6.45, 7) is 3.82. The van der Waals surface area contributed by atoms with E-state index in [4.69, 9.17) is 32.7 Å². The average molecular weight is 597 g/mol. The van der Waals surface area contributed by atoms with Gasteiger partial charge in [-0.25, -0.2) is 14.2 Å². The van der Waals surface area contributed by atoms with Gasteiger partial charge in [-0.3, -0.25) is 9.36 Å². The Balaban J connectivity index is 1.53. The number of hydrogen-bond donors (Lipinski definition) is 0. The standard InChI is InChI=1S/C30H23Cl2FN2O4S/c1-3-38-29(37)26-17(2)34-30-35(27(26)19-8-11-22(33)12-9-19)28(36)25(40-30)14-18-5-4-6-23(13-18)39-16-20-7-10-21(31)15-24(20)32/h4-15,27H,3,16H2,1-2H3/b25-14-/t27-/m0/s1. The molecular weight excluding hydrogens is 574 g/mol. The summed E-state index contributed by atoms with van der Waals surface area (Å²) in [5.41, 5.74) is 2.46. The molecular formula is C30H23Cl2FN2O4S. The van der Waals surface area contributed by atoms with Crippen LogP contribution in [-0.4, -0.2) is 17.1 Å². The highest BCUT2D eigenvalue weighted by Gasteiger charge is 2.33. The van der Waals surface area contributed by atoms with Crippen LogP contribution in [0.3, 0.4) is 0 Å². The van der Waals surface area contributed by atoms with Crippen molar-refractivity contribution in [3.05, 3.63) is 130 Å². The van der Waals surface area contributed by atoms with Crippen molar-refractivity contribution in [3.8, 4) is 5.75 Å². The third kappa shape index (κ3) is 5.75. The van der Waals surface area contributed by atoms with Crippen LogP contribution in [0.25, 0.3) is 6.08 Å². The van der Waals surface area contributed by atoms with Gasteiger partial charge in [0.15, 0.2) is 4.80 Å². The lowest BCUT2D eigenvalue weighted by Gasteiger charge is -2.24. The van der Waals surface area contributed by atoms with Crippen molar-refractivity contribution in [2.75, 3.05) is 6.61 Å². The maximum Gasteiger partial charge on any atom is 0.338 e. The third-order valence-electron chi connectivity index (χ3n) is 6.27. The van der Waals surface area contributed by atoms with Crippen molar-refractivity contribution < 1.29 is 18.7 Å². The molecule has 1 atom stereocenters. The van der Waals surface area contributed by atoms with Gasteiger partial charge in [0.05, 0.1) is 28.5 Å². The Morgan fingerprint density at radius 3 is 2.62 bits per heavy atom. The summed E-state index contributed by atoms with van der Waals surface area (Å²) in [5.74, 6) is -0.398. The Morgan fingerprint density at radius 1 is 1.12 bits per heavy atom. The van der Waals surface area contributed by atoms with Gasteiger partial charge in [-0.2, -0.15) is 0 Å². The minimum atomic E-state index is -0.808. The number of benzene rings is 3. The lowest BCUT2D eigenvalue weighted by Crippen LogP contribution is -2.39. The fourth-order valence-corrected chi connectivity index (χ4v) is 5.91. The number of carbonyl (C=O) groups is 1. The molecule has 0 amide bonds. The fraction of sp³-hybridized carbons (Fsp3) is 0.167. The van der Waals surface area contributed by atoms with Crippen molar-refractivity contribution in [1.82, 2.24) is 4.57 Å². The maximum absolute atomic E-state index is 13.7. The third-order valence-corrected chi connectivity index (χ3v) is 7.84. The molecule has 0 saturated heterocycles. The first-order valence-electron chi connectivity index (χ1n) is 12.4. The molecule has 1 aliphatic rings. The number of carbonyl (C=O) groups excluding carboxylic acids is 1. The Labute approximate surface area is 243 Å². The van der Waals surface area contributed by atoms with Gasteiger partial charge in [0.1, 0.15) is 18.2 Å². The van der Waals surface area contributed by atoms with Crippen LogP contribution in [0.1, 0.15) is 36.6 Å². The molecule has 0 saturated carbocycles. The predicted molar refractivity (Wildman–Crippen MR) is 154 cm³/mol. The summed E-state index contributed by atoms with van der Waals surface area (Å²) < 4.78 is 26.8. The van der Waals surface area contributed by atoms with E-state index in [0.717, 1.165) is 11.1 Å². The number of aromatic nitrogens is 1. The molecule has 204 valence electrons. The molecule has 0 bridgehead atoms. The lowest BCUT2D eigenvalue weighted by molar-refractivity contribution is -0.139. The Bertz CT molecular complexity index is 1810. The van der Waals surface area contributed by atoms with E-state index in [1.807, 2.05) is 24.3 Å². The Kier molecular flexibility index (Phi) is 8.21. The molecule has 0 aliphatic carbocycles. The van der Waals surface area contributed by atoms with Crippen LogP contribution in [0.4, 0.5) is 4.39 Å². The van der Waals surface area contributed by atoms with E-state index >= 15 is 0 Å². The van der Waals surface area contributed by atoms with Crippen LogP contribution in [0.2, 0.25) is 10.0 Å². The van der Waals surface area contributed by atoms with E-state index in [9.17, 15) is 14.0 Å². The van der Waals surface area contributed by atoms with E-state index in [0.29, 0.717) is 36.4 Å². The van der Waals surface area contributed by atoms with Crippen molar-refractivity contribution >= 4 is 46.6 Å². The second-order valence-electron chi connectivity index (χ2n) is 8.95. The van der Waals surface area contributed by atoms with Crippen LogP contribution >= 0.6 is 34.5 Å². The zero-order chi connectivity index (χ0) is 28.4. The first kappa shape index (κ1) is 27.8. The zero-order valence-corrected chi connectivity index (χ0v) is 23.8. The molecule has 0 N–H and O–H groups in total. The topological polar surface area (TPSA) is 69.9 Å². The van der Waals surface area contributed by atoms with E-state index in [1.165, 1.54) is 28.0 Å². The molecule has 6 nitrogen and oxygen atoms in total. The molecule has 0 unspecified atom stereocenters. The molecule has 5 rings (SSSR count). The van der Waals surface area contributed by atoms with Crippen LogP contribution < -0.4 is 19.6 Å². The Hall–Kier alpha value is -3.72. The Morgan fingerprint density at radius 2 is 1.90 bits per heavy atom. The van der Waals surface area contributed by atoms with E-state index in [2.05, 4.69) is 4.99 Å². The molecule has 0 spiro atoms. The SMILES string of the molecule is CCOC(=O)C1=C(C)N=c2s/c(=C\c3cccc(OCc4ccc(Cl)cc4Cl)c3)c(=O)n2[C@H]1c1ccc(F)cc1. The minimum Gasteiger partial charge on any atom is -0.489 e. The number of rotatable bonds is 7. The van der Waals surface area contributed by atoms with Crippen LogP contribution in [0, 0.1) is 5.82 Å². The number of thiazole rings is 1. The van der Waals surface area contributed by atoms with E-state index < -0.39 is 17.8 Å². The van der Waals surface area contributed by atoms with Gasteiger partial charge < -0.3 is 9.47 Å². The van der Waals surface area contributed by atoms with Crippen LogP contribution in [-0.2, 0) is 16.1 Å². The molecule has 3 aromatic carbocycles. The van der Waals surface area contributed by atoms with E-state index in [-0.39, 0.29) is 24.3 Å². The molecule has 2 heterocycles. The summed E-state index contributed by atoms with van der Waals surface area (Å²) in [4.78, 5) is 31.7. The van der Waals surface area contributed by atoms with Gasteiger partial charge in [-0.05, 0) is 67.4 Å². The first-order chi connectivity index (χ1) is 19.2. The lowest BCUT2D eigenvalue weighted by atomic mass is 9.96. The quantitative estimate of drug-likeness (QED) is 0.252. The van der Waals surface area contributed by atoms with E-state index in [1.54, 1.807) is 50.3 Å². The summed E-state index contributed by atoms with van der Waals surface area (Å²) >= 11 is 13.4. The smallest absolute Gasteiger partial charge is 0.338 e. The van der Waals surface area contributed by atoms with Crippen molar-refractivity contribution in [3.63, 3.8) is 0 Å². The van der Waals surface area contributed by atoms with Gasteiger partial charge in [-0.1, -0.05) is 64.9 Å². The summed E-state index contributed by atoms with van der Waals surface area (Å²) in [6.07, 6.45) is 1.75. The summed E-state index contributed by atoms with van der Waals surface area (Å²) in [6, 6.07) is 17.4. The molecule has 10 heteroatoms. The number of ether oxygens (including phenoxy) is 2. The number of hydrogen-bond acceptors (Lipinski definition) is 6. The highest BCUT2D eigenvalue weighted by atomic mass is 35.5. The molecule has 4 aromatic rings. The maximum atomic E-state index is 13.7. The van der Waals surface area contributed by atoms with Crippen LogP contribution in [0.15, 0.2) is 87.8 Å². The number of halogens is 3. The number of esters is 1. The normalized spacial score (nSPS) is 15.0. The molecule has 40 heavy (non-hydrogen) atoms. The second kappa shape index (κ2) is 11.8. The average Bonchev–Trinajstić information content (AvgIpc) is 3.22. The monoisotopic (exact) mass is 596 g/mol. The van der Waals surface area contributed by atoms with Gasteiger partial charge in [0, 0.05) is 15.6 Å². The van der Waals surface area contributed by atoms with Crippen molar-refractivity contribution in [2.24, 2.45) is 4.99 Å². The first-order valence-corrected chi connectivity index (χ1v) is 13.9. The molecule has 0 radical (unpaired) electrons. The number of fused-ring (bicyclic) bond motifs is 1. The van der Waals surface area contributed by atoms with Crippen molar-refractivity contribution in [2.45, 2.75) is 26.5 Å². The highest BCUT2D eigenvalue weighted by molar-refractivity contribution is 7.07. The van der Waals surface area contributed by atoms with Gasteiger partial charge >= 0.3 is 5.97 Å². The number of nitrogens with zero attached hydrogens (tertiary/aromatic N) is 2. The van der Waals surface area contributed by atoms with Crippen molar-refractivity contribution in [1.29, 1.82) is 0 Å². The summed E-state index contributed by atoms with van der Waals surface area (Å²) in [5, 5.41) is 1.06. The van der Waals surface area contributed by atoms with Gasteiger partial charge in [-0.15, -0.1) is 0 Å². The zero-order valence-electron chi connectivity index (χ0n) is 21.5. The molecule has 1 aliphatic heterocycles. The molecule has 0 fully saturated rings. The van der Waals surface area contributed by atoms with Gasteiger partial charge in [0.2, 0.25) is 0 Å². The number of allylic oxidation sites excluding steroid dienone is 1. The largest absolute Gasteiger partial charge is 0.489 e. The summed E-state index contributed by atoms with van der Waals surface area (Å²) in [7, 11) is 0.